The molecule has 0 amide bonds. The molecule has 60 valence electrons. The SMILES string of the molecule is CCc1nc(Cl)cc(NC)n1. The molecule has 0 saturated heterocycles. The van der Waals surface area contributed by atoms with Crippen LogP contribution in [0.1, 0.15) is 12.7 Å². The summed E-state index contributed by atoms with van der Waals surface area (Å²) in [4.78, 5) is 8.18. The van der Waals surface area contributed by atoms with Gasteiger partial charge in [0, 0.05) is 19.5 Å². The molecule has 1 aromatic rings. The Morgan fingerprint density at radius 2 is 2.27 bits per heavy atom. The summed E-state index contributed by atoms with van der Waals surface area (Å²) in [6, 6.07) is 1.70. The van der Waals surface area contributed by atoms with Gasteiger partial charge in [0.2, 0.25) is 0 Å². The van der Waals surface area contributed by atoms with E-state index >= 15 is 0 Å². The Bertz CT molecular complexity index is 227. The quantitative estimate of drug-likeness (QED) is 0.689. The van der Waals surface area contributed by atoms with Crippen LogP contribution in [0.4, 0.5) is 5.82 Å². The second-order valence-corrected chi connectivity index (χ2v) is 2.48. The van der Waals surface area contributed by atoms with Crippen molar-refractivity contribution in [2.24, 2.45) is 0 Å². The monoisotopic (exact) mass is 171 g/mol. The molecular formula is C7H10ClN3. The molecule has 1 rings (SSSR count). The molecule has 11 heavy (non-hydrogen) atoms. The lowest BCUT2D eigenvalue weighted by molar-refractivity contribution is 0.941. The molecule has 3 nitrogen and oxygen atoms in total. The van der Waals surface area contributed by atoms with Crippen LogP contribution in [0.15, 0.2) is 6.07 Å². The third kappa shape index (κ3) is 2.05. The fourth-order valence-electron chi connectivity index (χ4n) is 0.751. The summed E-state index contributed by atoms with van der Waals surface area (Å²) in [6.45, 7) is 1.99. The largest absolute Gasteiger partial charge is 0.373 e. The van der Waals surface area contributed by atoms with Crippen molar-refractivity contribution >= 4 is 17.4 Å². The highest BCUT2D eigenvalue weighted by atomic mass is 35.5. The topological polar surface area (TPSA) is 37.8 Å². The van der Waals surface area contributed by atoms with Crippen molar-refractivity contribution in [1.29, 1.82) is 0 Å². The number of aryl methyl sites for hydroxylation is 1. The van der Waals surface area contributed by atoms with Crippen LogP contribution in [0.25, 0.3) is 0 Å². The molecular weight excluding hydrogens is 162 g/mol. The molecule has 1 heterocycles. The van der Waals surface area contributed by atoms with Gasteiger partial charge >= 0.3 is 0 Å². The number of aromatic nitrogens is 2. The summed E-state index contributed by atoms with van der Waals surface area (Å²) >= 11 is 5.72. The predicted octanol–water partition coefficient (Wildman–Crippen LogP) is 1.73. The lowest BCUT2D eigenvalue weighted by Crippen LogP contribution is -1.98. The Balaban J connectivity index is 3.02. The summed E-state index contributed by atoms with van der Waals surface area (Å²) in [5, 5.41) is 3.39. The zero-order valence-electron chi connectivity index (χ0n) is 6.56. The van der Waals surface area contributed by atoms with Crippen LogP contribution in [-0.2, 0) is 6.42 Å². The summed E-state index contributed by atoms with van der Waals surface area (Å²) in [6.07, 6.45) is 0.801. The van der Waals surface area contributed by atoms with E-state index < -0.39 is 0 Å². The Morgan fingerprint density at radius 3 is 2.82 bits per heavy atom. The number of nitrogens with zero attached hydrogens (tertiary/aromatic N) is 2. The average Bonchev–Trinajstić information content (AvgIpc) is 2.03. The Kier molecular flexibility index (Phi) is 2.65. The third-order valence-electron chi connectivity index (χ3n) is 1.31. The maximum absolute atomic E-state index is 5.72. The van der Waals surface area contributed by atoms with E-state index in [2.05, 4.69) is 15.3 Å². The first kappa shape index (κ1) is 8.27. The second kappa shape index (κ2) is 3.53. The molecule has 0 saturated carbocycles. The number of nitrogens with one attached hydrogen (secondary N) is 1. The van der Waals surface area contributed by atoms with Gasteiger partial charge in [-0.05, 0) is 0 Å². The van der Waals surface area contributed by atoms with Crippen molar-refractivity contribution in [3.05, 3.63) is 17.0 Å². The predicted molar refractivity (Wildman–Crippen MR) is 46.0 cm³/mol. The average molecular weight is 172 g/mol. The highest BCUT2D eigenvalue weighted by Crippen LogP contribution is 2.10. The zero-order valence-corrected chi connectivity index (χ0v) is 7.31. The Hall–Kier alpha value is -0.830. The maximum Gasteiger partial charge on any atom is 0.134 e. The van der Waals surface area contributed by atoms with E-state index in [4.69, 9.17) is 11.6 Å². The molecule has 0 aliphatic carbocycles. The summed E-state index contributed by atoms with van der Waals surface area (Å²) in [5.74, 6) is 1.53. The van der Waals surface area contributed by atoms with Gasteiger partial charge in [-0.3, -0.25) is 0 Å². The minimum atomic E-state index is 0.487. The first-order valence-corrected chi connectivity index (χ1v) is 3.85. The van der Waals surface area contributed by atoms with Crippen molar-refractivity contribution in [1.82, 2.24) is 9.97 Å². The summed E-state index contributed by atoms with van der Waals surface area (Å²) in [5.41, 5.74) is 0. The lowest BCUT2D eigenvalue weighted by atomic mass is 10.4. The number of anilines is 1. The van der Waals surface area contributed by atoms with Gasteiger partial charge in [-0.2, -0.15) is 0 Å². The van der Waals surface area contributed by atoms with E-state index in [1.165, 1.54) is 0 Å². The van der Waals surface area contributed by atoms with Gasteiger partial charge in [0.25, 0.3) is 0 Å². The normalized spacial score (nSPS) is 9.73. The van der Waals surface area contributed by atoms with Gasteiger partial charge in [-0.1, -0.05) is 18.5 Å². The van der Waals surface area contributed by atoms with Crippen molar-refractivity contribution in [2.75, 3.05) is 12.4 Å². The highest BCUT2D eigenvalue weighted by Gasteiger charge is 1.98. The smallest absolute Gasteiger partial charge is 0.134 e. The molecule has 0 atom stereocenters. The van der Waals surface area contributed by atoms with Crippen molar-refractivity contribution in [3.63, 3.8) is 0 Å². The van der Waals surface area contributed by atoms with E-state index in [1.807, 2.05) is 6.92 Å². The van der Waals surface area contributed by atoms with Crippen LogP contribution in [0.5, 0.6) is 0 Å². The lowest BCUT2D eigenvalue weighted by Gasteiger charge is -2.01. The van der Waals surface area contributed by atoms with Crippen LogP contribution in [0, 0.1) is 0 Å². The van der Waals surface area contributed by atoms with Crippen LogP contribution >= 0.6 is 11.6 Å². The Labute approximate surface area is 70.8 Å². The molecule has 0 aromatic carbocycles. The fraction of sp³-hybridized carbons (Fsp3) is 0.429. The highest BCUT2D eigenvalue weighted by molar-refractivity contribution is 6.29. The van der Waals surface area contributed by atoms with E-state index in [9.17, 15) is 0 Å². The molecule has 0 bridgehead atoms. The van der Waals surface area contributed by atoms with Crippen molar-refractivity contribution in [2.45, 2.75) is 13.3 Å². The number of rotatable bonds is 2. The number of hydrogen-bond acceptors (Lipinski definition) is 3. The van der Waals surface area contributed by atoms with E-state index in [1.54, 1.807) is 13.1 Å². The molecule has 4 heteroatoms. The van der Waals surface area contributed by atoms with Crippen LogP contribution in [0.2, 0.25) is 5.15 Å². The molecule has 0 unspecified atom stereocenters. The molecule has 1 N–H and O–H groups in total. The van der Waals surface area contributed by atoms with Gasteiger partial charge in [-0.15, -0.1) is 0 Å². The van der Waals surface area contributed by atoms with Gasteiger partial charge in [0.1, 0.15) is 16.8 Å². The molecule has 0 aliphatic heterocycles. The fourth-order valence-corrected chi connectivity index (χ4v) is 0.952. The van der Waals surface area contributed by atoms with Gasteiger partial charge < -0.3 is 5.32 Å². The van der Waals surface area contributed by atoms with Crippen molar-refractivity contribution < 1.29 is 0 Å². The molecule has 0 spiro atoms. The minimum absolute atomic E-state index is 0.487. The van der Waals surface area contributed by atoms with Gasteiger partial charge in [0.15, 0.2) is 0 Å². The van der Waals surface area contributed by atoms with Crippen LogP contribution in [-0.4, -0.2) is 17.0 Å². The van der Waals surface area contributed by atoms with Crippen molar-refractivity contribution in [3.8, 4) is 0 Å². The minimum Gasteiger partial charge on any atom is -0.373 e. The van der Waals surface area contributed by atoms with E-state index in [0.29, 0.717) is 5.15 Å². The second-order valence-electron chi connectivity index (χ2n) is 2.10. The third-order valence-corrected chi connectivity index (χ3v) is 1.51. The van der Waals surface area contributed by atoms with E-state index in [0.717, 1.165) is 18.1 Å². The first-order chi connectivity index (χ1) is 5.26. The first-order valence-electron chi connectivity index (χ1n) is 3.47. The standard InChI is InChI=1S/C7H10ClN3/c1-3-6-10-5(8)4-7(9-2)11-6/h4H,3H2,1-2H3,(H,9,10,11). The molecule has 0 aliphatic rings. The van der Waals surface area contributed by atoms with Crippen LogP contribution in [0.3, 0.4) is 0 Å². The summed E-state index contributed by atoms with van der Waals surface area (Å²) < 4.78 is 0. The maximum atomic E-state index is 5.72. The zero-order chi connectivity index (χ0) is 8.27. The van der Waals surface area contributed by atoms with Gasteiger partial charge in [0.05, 0.1) is 0 Å². The molecule has 0 radical (unpaired) electrons. The molecule has 0 fully saturated rings. The molecule has 1 aromatic heterocycles. The van der Waals surface area contributed by atoms with E-state index in [-0.39, 0.29) is 0 Å². The number of hydrogen-bond donors (Lipinski definition) is 1. The van der Waals surface area contributed by atoms with Gasteiger partial charge in [-0.25, -0.2) is 9.97 Å². The van der Waals surface area contributed by atoms with Crippen LogP contribution < -0.4 is 5.32 Å². The number of halogens is 1. The summed E-state index contributed by atoms with van der Waals surface area (Å²) in [7, 11) is 1.80. The Morgan fingerprint density at radius 1 is 1.55 bits per heavy atom.